The summed E-state index contributed by atoms with van der Waals surface area (Å²) in [5, 5.41) is 17.4. The van der Waals surface area contributed by atoms with Crippen LogP contribution in [0.4, 0.5) is 0 Å². The van der Waals surface area contributed by atoms with E-state index in [2.05, 4.69) is 17.6 Å². The maximum atomic E-state index is 12.9. The molecule has 0 aromatic heterocycles. The van der Waals surface area contributed by atoms with Gasteiger partial charge in [0.2, 0.25) is 0 Å². The number of nitrogens with one attached hydrogen (secondary N) is 2. The third kappa shape index (κ3) is 5.45. The molecule has 1 heterocycles. The number of fused-ring (bicyclic) bond motifs is 1. The van der Waals surface area contributed by atoms with Crippen molar-refractivity contribution in [1.29, 1.82) is 0 Å². The molecule has 3 atom stereocenters. The van der Waals surface area contributed by atoms with Gasteiger partial charge in [-0.05, 0) is 55.2 Å². The number of amides is 1. The number of hydrogen-bond donors (Lipinski definition) is 3. The highest BCUT2D eigenvalue weighted by Crippen LogP contribution is 2.41. The minimum absolute atomic E-state index is 0.225. The summed E-state index contributed by atoms with van der Waals surface area (Å²) in [6.45, 7) is 6.10. The Morgan fingerprint density at radius 1 is 1.06 bits per heavy atom. The van der Waals surface area contributed by atoms with E-state index in [4.69, 9.17) is 4.74 Å². The SMILES string of the molecule is CCc1ccc(C(C=O)N[C@@H]2c3cc(C(=O)NCc4ccccc4)ccc3OC(C)(C)[C@H]2O)cc1. The summed E-state index contributed by atoms with van der Waals surface area (Å²) in [5.74, 6) is 0.347. The summed E-state index contributed by atoms with van der Waals surface area (Å²) in [6.07, 6.45) is 0.802. The van der Waals surface area contributed by atoms with E-state index >= 15 is 0 Å². The Morgan fingerprint density at radius 3 is 2.43 bits per heavy atom. The van der Waals surface area contributed by atoms with E-state index in [1.165, 1.54) is 5.56 Å². The Labute approximate surface area is 206 Å². The smallest absolute Gasteiger partial charge is 0.251 e. The number of rotatable bonds is 8. The van der Waals surface area contributed by atoms with Crippen molar-refractivity contribution in [2.45, 2.75) is 57.5 Å². The summed E-state index contributed by atoms with van der Waals surface area (Å²) in [5.41, 5.74) is 3.20. The summed E-state index contributed by atoms with van der Waals surface area (Å²) in [6, 6.07) is 21.5. The monoisotopic (exact) mass is 472 g/mol. The molecule has 3 aromatic carbocycles. The standard InChI is InChI=1S/C29H32N2O4/c1-4-19-10-12-21(13-11-19)24(18-32)31-26-23-16-22(14-15-25(23)35-29(2,3)27(26)33)28(34)30-17-20-8-6-5-7-9-20/h5-16,18,24,26-27,31,33H,4,17H2,1-3H3,(H,30,34)/t24?,26-,27+/m1/s1. The van der Waals surface area contributed by atoms with Crippen LogP contribution in [0.15, 0.2) is 72.8 Å². The number of benzene rings is 3. The maximum absolute atomic E-state index is 12.9. The lowest BCUT2D eigenvalue weighted by atomic mass is 9.85. The number of ether oxygens (including phenoxy) is 1. The summed E-state index contributed by atoms with van der Waals surface area (Å²) >= 11 is 0. The fraction of sp³-hybridized carbons (Fsp3) is 0.310. The minimum Gasteiger partial charge on any atom is -0.485 e. The minimum atomic E-state index is -0.949. The van der Waals surface area contributed by atoms with E-state index < -0.39 is 23.8 Å². The first kappa shape index (κ1) is 24.6. The number of aryl methyl sites for hydroxylation is 1. The number of hydrogen-bond acceptors (Lipinski definition) is 5. The van der Waals surface area contributed by atoms with Gasteiger partial charge in [0.05, 0.1) is 12.1 Å². The molecule has 35 heavy (non-hydrogen) atoms. The molecule has 0 spiro atoms. The van der Waals surface area contributed by atoms with Crippen LogP contribution in [-0.2, 0) is 17.8 Å². The molecule has 0 saturated heterocycles. The predicted octanol–water partition coefficient (Wildman–Crippen LogP) is 4.28. The zero-order chi connectivity index (χ0) is 25.0. The zero-order valence-electron chi connectivity index (χ0n) is 20.3. The molecular formula is C29H32N2O4. The normalized spacial score (nSPS) is 19.2. The van der Waals surface area contributed by atoms with Crippen molar-refractivity contribution in [1.82, 2.24) is 10.6 Å². The highest BCUT2D eigenvalue weighted by Gasteiger charge is 2.43. The molecule has 0 aliphatic carbocycles. The van der Waals surface area contributed by atoms with Gasteiger partial charge in [0, 0.05) is 17.7 Å². The third-order valence-corrected chi connectivity index (χ3v) is 6.55. The first-order valence-electron chi connectivity index (χ1n) is 12.0. The van der Waals surface area contributed by atoms with E-state index in [0.29, 0.717) is 23.4 Å². The molecule has 0 bridgehead atoms. The van der Waals surface area contributed by atoms with E-state index in [1.54, 1.807) is 18.2 Å². The van der Waals surface area contributed by atoms with Crippen LogP contribution >= 0.6 is 0 Å². The van der Waals surface area contributed by atoms with Gasteiger partial charge < -0.3 is 20.0 Å². The molecule has 3 N–H and O–H groups in total. The zero-order valence-corrected chi connectivity index (χ0v) is 20.3. The molecule has 4 rings (SSSR count). The van der Waals surface area contributed by atoms with Gasteiger partial charge in [-0.15, -0.1) is 0 Å². The Morgan fingerprint density at radius 2 is 1.77 bits per heavy atom. The van der Waals surface area contributed by atoms with E-state index in [1.807, 2.05) is 68.4 Å². The van der Waals surface area contributed by atoms with Crippen molar-refractivity contribution in [2.75, 3.05) is 0 Å². The average Bonchev–Trinajstić information content (AvgIpc) is 2.88. The van der Waals surface area contributed by atoms with E-state index in [9.17, 15) is 14.7 Å². The lowest BCUT2D eigenvalue weighted by Crippen LogP contribution is -2.53. The fourth-order valence-corrected chi connectivity index (χ4v) is 4.37. The van der Waals surface area contributed by atoms with E-state index in [-0.39, 0.29) is 5.91 Å². The number of carbonyl (C=O) groups is 2. The van der Waals surface area contributed by atoms with Crippen molar-refractivity contribution in [3.8, 4) is 5.75 Å². The first-order chi connectivity index (χ1) is 16.8. The average molecular weight is 473 g/mol. The second-order valence-electron chi connectivity index (χ2n) is 9.42. The van der Waals surface area contributed by atoms with Gasteiger partial charge in [0.1, 0.15) is 23.7 Å². The molecule has 0 saturated carbocycles. The van der Waals surface area contributed by atoms with Crippen molar-refractivity contribution in [3.63, 3.8) is 0 Å². The van der Waals surface area contributed by atoms with Gasteiger partial charge in [0.25, 0.3) is 5.91 Å². The molecule has 1 amide bonds. The van der Waals surface area contributed by atoms with Crippen molar-refractivity contribution >= 4 is 12.2 Å². The van der Waals surface area contributed by atoms with Crippen LogP contribution in [0.2, 0.25) is 0 Å². The van der Waals surface area contributed by atoms with Gasteiger partial charge in [-0.3, -0.25) is 10.1 Å². The van der Waals surface area contributed by atoms with Crippen LogP contribution in [0, 0.1) is 0 Å². The van der Waals surface area contributed by atoms with Gasteiger partial charge in [-0.1, -0.05) is 61.5 Å². The van der Waals surface area contributed by atoms with Gasteiger partial charge in [0.15, 0.2) is 0 Å². The van der Waals surface area contributed by atoms with Crippen molar-refractivity contribution in [3.05, 3.63) is 101 Å². The Bertz CT molecular complexity index is 1180. The summed E-state index contributed by atoms with van der Waals surface area (Å²) in [4.78, 5) is 25.0. The molecular weight excluding hydrogens is 440 g/mol. The van der Waals surface area contributed by atoms with Crippen molar-refractivity contribution < 1.29 is 19.4 Å². The number of aldehydes is 1. The molecule has 1 unspecified atom stereocenters. The second kappa shape index (κ2) is 10.4. The molecule has 0 radical (unpaired) electrons. The van der Waals surface area contributed by atoms with Crippen LogP contribution in [0.3, 0.4) is 0 Å². The topological polar surface area (TPSA) is 87.7 Å². The quantitative estimate of drug-likeness (QED) is 0.426. The molecule has 182 valence electrons. The summed E-state index contributed by atoms with van der Waals surface area (Å²) in [7, 11) is 0. The molecule has 6 nitrogen and oxygen atoms in total. The van der Waals surface area contributed by atoms with E-state index in [0.717, 1.165) is 23.8 Å². The van der Waals surface area contributed by atoms with Crippen LogP contribution in [0.1, 0.15) is 65.5 Å². The van der Waals surface area contributed by atoms with Gasteiger partial charge in [-0.25, -0.2) is 0 Å². The largest absolute Gasteiger partial charge is 0.485 e. The number of aliphatic hydroxyl groups excluding tert-OH is 1. The molecule has 0 fully saturated rings. The Balaban J connectivity index is 1.61. The first-order valence-corrected chi connectivity index (χ1v) is 12.0. The number of aliphatic hydroxyl groups is 1. The fourth-order valence-electron chi connectivity index (χ4n) is 4.37. The van der Waals surface area contributed by atoms with Crippen LogP contribution in [0.25, 0.3) is 0 Å². The molecule has 1 aliphatic rings. The molecule has 6 heteroatoms. The molecule has 1 aliphatic heterocycles. The van der Waals surface area contributed by atoms with Crippen molar-refractivity contribution in [2.24, 2.45) is 0 Å². The number of carbonyl (C=O) groups excluding carboxylic acids is 2. The second-order valence-corrected chi connectivity index (χ2v) is 9.42. The third-order valence-electron chi connectivity index (χ3n) is 6.55. The maximum Gasteiger partial charge on any atom is 0.251 e. The van der Waals surface area contributed by atoms with Crippen LogP contribution < -0.4 is 15.4 Å². The summed E-state index contributed by atoms with van der Waals surface area (Å²) < 4.78 is 6.07. The predicted molar refractivity (Wildman–Crippen MR) is 135 cm³/mol. The highest BCUT2D eigenvalue weighted by molar-refractivity contribution is 5.94. The van der Waals surface area contributed by atoms with Crippen LogP contribution in [-0.4, -0.2) is 29.0 Å². The highest BCUT2D eigenvalue weighted by atomic mass is 16.5. The lowest BCUT2D eigenvalue weighted by Gasteiger charge is -2.43. The van der Waals surface area contributed by atoms with Gasteiger partial charge in [-0.2, -0.15) is 0 Å². The Hall–Kier alpha value is -3.48. The van der Waals surface area contributed by atoms with Crippen LogP contribution in [0.5, 0.6) is 5.75 Å². The molecule has 3 aromatic rings. The lowest BCUT2D eigenvalue weighted by molar-refractivity contribution is -0.111. The Kier molecular flexibility index (Phi) is 7.34. The van der Waals surface area contributed by atoms with Gasteiger partial charge >= 0.3 is 0 Å².